The third-order valence-corrected chi connectivity index (χ3v) is 12.3. The molecule has 4 heterocycles. The number of esters is 1. The number of aromatic carboxylic acids is 1. The van der Waals surface area contributed by atoms with Gasteiger partial charge in [0.1, 0.15) is 5.60 Å². The van der Waals surface area contributed by atoms with Crippen LogP contribution in [0.1, 0.15) is 103 Å². The first-order valence-corrected chi connectivity index (χ1v) is 19.1. The second-order valence-electron chi connectivity index (χ2n) is 17.4. The molecule has 2 bridgehead atoms. The standard InChI is InChI=1S/C28H38BNO4.C13H13BNO5.2Na/c1-17-18(8-9-21(19-11-13-30-16-19)24(17)25(31)32-26(2,3)4)10-12-29-33-23-15-20-14-22(27(20,5)6)28(23,7)34-29;16-13(17)11-10(9-4-6-15-7-9)2-1-8-3-5-14(18,19)20-12(8)11;;/h8-9,11,13,20,22-23H,10,12,14-16H2,1-7H3;1-2,4,6,18-19H,3,5,7H2,(H,16,17);;/q;-1;2*+1/p-1/t20?,22?,23?,28-;;;/m0.../s1. The fourth-order valence-corrected chi connectivity index (χ4v) is 9.30. The van der Waals surface area contributed by atoms with Crippen LogP contribution in [0.25, 0.3) is 11.1 Å². The molecule has 2 N–H and O–H groups in total. The van der Waals surface area contributed by atoms with Gasteiger partial charge in [-0.3, -0.25) is 9.98 Å². The van der Waals surface area contributed by atoms with Crippen LogP contribution in [-0.4, -0.2) is 78.7 Å². The first-order valence-electron chi connectivity index (χ1n) is 19.1. The molecule has 0 aromatic heterocycles. The summed E-state index contributed by atoms with van der Waals surface area (Å²) >= 11 is 0. The molecule has 4 aliphatic heterocycles. The predicted octanol–water partition coefficient (Wildman–Crippen LogP) is -0.927. The van der Waals surface area contributed by atoms with E-state index in [1.165, 1.54) is 6.42 Å². The number of rotatable bonds is 7. The average Bonchev–Trinajstić information content (AvgIpc) is 3.87. The number of carboxylic acid groups (broad SMARTS) is 1. The smallest absolute Gasteiger partial charge is 0.669 e. The molecule has 1 saturated heterocycles. The SMILES string of the molecule is Cc1c(CCB2OC3CC4CC(C4(C)C)[C@]3(C)O2)ccc(C2=CC=NC2)c1C(=O)OC(C)(C)C.O=C([O-])c1c(C2=CC=NC2)ccc2c1O[B-](O)(O)CC2.[Na+].[Na+]. The maximum absolute atomic E-state index is 13.2. The van der Waals surface area contributed by atoms with Crippen molar-refractivity contribution >= 4 is 49.4 Å². The summed E-state index contributed by atoms with van der Waals surface area (Å²) in [6.45, 7) is 12.7. The van der Waals surface area contributed by atoms with E-state index in [9.17, 15) is 24.7 Å². The van der Waals surface area contributed by atoms with Crippen molar-refractivity contribution in [1.29, 1.82) is 0 Å². The molecule has 4 fully saturated rings. The maximum atomic E-state index is 13.2. The minimum Gasteiger partial charge on any atom is -0.669 e. The van der Waals surface area contributed by atoms with Crippen LogP contribution in [0, 0.1) is 24.2 Å². The van der Waals surface area contributed by atoms with E-state index in [-0.39, 0.29) is 102 Å². The molecule has 2 aromatic rings. The minimum absolute atomic E-state index is 0. The topological polar surface area (TPSA) is 159 Å². The van der Waals surface area contributed by atoms with Gasteiger partial charge in [-0.25, -0.2) is 4.79 Å². The van der Waals surface area contributed by atoms with E-state index in [1.54, 1.807) is 30.6 Å². The van der Waals surface area contributed by atoms with Crippen LogP contribution >= 0.6 is 0 Å². The number of allylic oxidation sites excluding steroid dienone is 2. The minimum atomic E-state index is -3.01. The average molecular weight is 782 g/mol. The van der Waals surface area contributed by atoms with Gasteiger partial charge in [-0.1, -0.05) is 44.4 Å². The van der Waals surface area contributed by atoms with Crippen LogP contribution in [0.4, 0.5) is 0 Å². The molecule has 3 saturated carbocycles. The van der Waals surface area contributed by atoms with Crippen molar-refractivity contribution in [2.75, 3.05) is 13.1 Å². The summed E-state index contributed by atoms with van der Waals surface area (Å²) in [5.74, 6) is -0.373. The third-order valence-electron chi connectivity index (χ3n) is 12.3. The molecule has 286 valence electrons. The normalized spacial score (nSPS) is 25.8. The molecule has 7 aliphatic rings. The first-order chi connectivity index (χ1) is 25.4. The van der Waals surface area contributed by atoms with Crippen molar-refractivity contribution in [1.82, 2.24) is 0 Å². The van der Waals surface area contributed by atoms with Gasteiger partial charge in [0.15, 0.2) is 0 Å². The molecule has 2 aromatic carbocycles. The Morgan fingerprint density at radius 3 is 2.18 bits per heavy atom. The van der Waals surface area contributed by atoms with E-state index in [0.29, 0.717) is 47.5 Å². The van der Waals surface area contributed by atoms with Crippen molar-refractivity contribution < 1.29 is 103 Å². The van der Waals surface area contributed by atoms with Gasteiger partial charge < -0.3 is 38.6 Å². The van der Waals surface area contributed by atoms with Crippen LogP contribution in [0.2, 0.25) is 12.6 Å². The monoisotopic (exact) mass is 782 g/mol. The molecule has 4 atom stereocenters. The Bertz CT molecular complexity index is 2010. The van der Waals surface area contributed by atoms with Crippen molar-refractivity contribution in [2.24, 2.45) is 27.2 Å². The molecule has 3 aliphatic carbocycles. The van der Waals surface area contributed by atoms with Gasteiger partial charge in [-0.15, -0.1) is 0 Å². The van der Waals surface area contributed by atoms with Crippen LogP contribution < -0.4 is 68.9 Å². The molecule has 0 spiro atoms. The van der Waals surface area contributed by atoms with E-state index in [4.69, 9.17) is 18.7 Å². The molecule has 56 heavy (non-hydrogen) atoms. The Morgan fingerprint density at radius 1 is 0.982 bits per heavy atom. The predicted molar refractivity (Wildman–Crippen MR) is 208 cm³/mol. The molecular weight excluding hydrogens is 732 g/mol. The quantitative estimate of drug-likeness (QED) is 0.268. The molecule has 11 nitrogen and oxygen atoms in total. The second-order valence-corrected chi connectivity index (χ2v) is 17.4. The fourth-order valence-electron chi connectivity index (χ4n) is 9.30. The number of ether oxygens (including phenoxy) is 1. The van der Waals surface area contributed by atoms with Gasteiger partial charge in [-0.05, 0) is 135 Å². The van der Waals surface area contributed by atoms with E-state index < -0.39 is 18.3 Å². The maximum Gasteiger partial charge on any atom is 1.00 e. The summed E-state index contributed by atoms with van der Waals surface area (Å²) in [6, 6.07) is 7.61. The zero-order valence-corrected chi connectivity index (χ0v) is 38.3. The Morgan fingerprint density at radius 2 is 1.61 bits per heavy atom. The summed E-state index contributed by atoms with van der Waals surface area (Å²) in [4.78, 5) is 33.0. The zero-order valence-electron chi connectivity index (χ0n) is 34.3. The molecular formula is C41H50B2N2Na2O9. The van der Waals surface area contributed by atoms with Gasteiger partial charge >= 0.3 is 79.0 Å². The molecule has 0 radical (unpaired) electrons. The zero-order chi connectivity index (χ0) is 38.8. The summed E-state index contributed by atoms with van der Waals surface area (Å²) in [5, 5.41) is 30.7. The number of carbonyl (C=O) groups excluding carboxylic acids is 2. The van der Waals surface area contributed by atoms with Gasteiger partial charge in [0, 0.05) is 18.0 Å². The third kappa shape index (κ3) is 8.79. The van der Waals surface area contributed by atoms with Gasteiger partial charge in [0.05, 0.1) is 42.1 Å². The number of aryl methyl sites for hydroxylation is 2. The second kappa shape index (κ2) is 16.9. The summed E-state index contributed by atoms with van der Waals surface area (Å²) in [7, 11) is -0.194. The number of benzene rings is 2. The van der Waals surface area contributed by atoms with E-state index in [2.05, 4.69) is 42.9 Å². The Hall–Kier alpha value is -2.03. The van der Waals surface area contributed by atoms with Gasteiger partial charge in [-0.2, -0.15) is 0 Å². The Labute approximate surface area is 374 Å². The van der Waals surface area contributed by atoms with Crippen LogP contribution in [0.5, 0.6) is 5.75 Å². The largest absolute Gasteiger partial charge is 1.00 e. The number of fused-ring (bicyclic) bond motifs is 1. The Balaban J connectivity index is 0.000000234. The summed E-state index contributed by atoms with van der Waals surface area (Å²) in [6.07, 6.45) is 11.6. The van der Waals surface area contributed by atoms with Gasteiger partial charge in [0.25, 0.3) is 0 Å². The van der Waals surface area contributed by atoms with Crippen molar-refractivity contribution in [3.05, 3.63) is 75.4 Å². The van der Waals surface area contributed by atoms with Crippen LogP contribution in [0.15, 0.2) is 46.4 Å². The number of carbonyl (C=O) groups is 2. The van der Waals surface area contributed by atoms with E-state index in [1.807, 2.05) is 33.8 Å². The van der Waals surface area contributed by atoms with Crippen molar-refractivity contribution in [2.45, 2.75) is 104 Å². The first kappa shape index (κ1) is 45.1. The van der Waals surface area contributed by atoms with E-state index in [0.717, 1.165) is 52.9 Å². The van der Waals surface area contributed by atoms with Crippen LogP contribution in [0.3, 0.4) is 0 Å². The number of hydrogen-bond acceptors (Lipinski definition) is 11. The molecule has 0 amide bonds. The van der Waals surface area contributed by atoms with Crippen molar-refractivity contribution in [3.63, 3.8) is 0 Å². The number of hydrogen-bond donors (Lipinski definition) is 2. The molecule has 9 rings (SSSR count). The van der Waals surface area contributed by atoms with Crippen LogP contribution in [-0.2, 0) is 26.9 Å². The van der Waals surface area contributed by atoms with Gasteiger partial charge in [0.2, 0.25) is 0 Å². The van der Waals surface area contributed by atoms with E-state index >= 15 is 0 Å². The summed E-state index contributed by atoms with van der Waals surface area (Å²) in [5.41, 5.74) is 6.01. The molecule has 15 heteroatoms. The molecule has 3 unspecified atom stereocenters. The summed E-state index contributed by atoms with van der Waals surface area (Å²) < 4.78 is 23.9. The number of carboxylic acids is 1. The Kier molecular flexibility index (Phi) is 13.6. The number of nitrogens with zero attached hydrogens (tertiary/aromatic N) is 2. The fraction of sp³-hybridized carbons (Fsp3) is 0.512. The number of aliphatic imine (C=N–C) groups is 2. The van der Waals surface area contributed by atoms with Crippen molar-refractivity contribution in [3.8, 4) is 5.75 Å².